The fourth-order valence-corrected chi connectivity index (χ4v) is 3.14. The highest BCUT2D eigenvalue weighted by Crippen LogP contribution is 2.04. The minimum absolute atomic E-state index is 0.119. The van der Waals surface area contributed by atoms with Crippen LogP contribution in [0.1, 0.15) is 46.1 Å². The molecule has 0 saturated carbocycles. The number of carbonyl (C=O) groups excluding carboxylic acids is 6. The Balaban J connectivity index is 2.50. The maximum Gasteiger partial charge on any atom is 0.243 e. The molecule has 0 aliphatic heterocycles. The Bertz CT molecular complexity index is 983. The fourth-order valence-electron chi connectivity index (χ4n) is 3.14. The van der Waals surface area contributed by atoms with Gasteiger partial charge in [-0.3, -0.25) is 28.8 Å². The number of Topliss-reactive ketones (excluding diaryl/α,β-unsaturated/α-hetero) is 1. The van der Waals surface area contributed by atoms with Crippen molar-refractivity contribution in [2.24, 2.45) is 11.8 Å². The van der Waals surface area contributed by atoms with E-state index in [0.717, 1.165) is 12.0 Å². The number of ketones is 1. The molecule has 5 amide bonds. The van der Waals surface area contributed by atoms with E-state index in [4.69, 9.17) is 4.74 Å². The van der Waals surface area contributed by atoms with Crippen molar-refractivity contribution in [2.75, 3.05) is 39.4 Å². The van der Waals surface area contributed by atoms with Crippen LogP contribution in [-0.2, 0) is 39.9 Å². The average molecular weight is 562 g/mol. The normalized spacial score (nSPS) is 11.4. The smallest absolute Gasteiger partial charge is 0.243 e. The summed E-state index contributed by atoms with van der Waals surface area (Å²) in [6, 6.07) is 7.95. The Morgan fingerprint density at radius 1 is 0.700 bits per heavy atom. The van der Waals surface area contributed by atoms with Gasteiger partial charge in [0, 0.05) is 25.4 Å². The second-order valence-electron chi connectivity index (χ2n) is 10.0. The van der Waals surface area contributed by atoms with Crippen LogP contribution in [0.15, 0.2) is 30.3 Å². The number of hydrogen-bond donors (Lipinski definition) is 5. The first kappa shape index (κ1) is 34.2. The van der Waals surface area contributed by atoms with Gasteiger partial charge in [0.1, 0.15) is 6.04 Å². The first-order chi connectivity index (χ1) is 19.0. The molecular formula is C28H43N5O7. The number of hydrogen-bond acceptors (Lipinski definition) is 7. The van der Waals surface area contributed by atoms with E-state index in [2.05, 4.69) is 40.4 Å². The van der Waals surface area contributed by atoms with E-state index < -0.39 is 36.2 Å². The van der Waals surface area contributed by atoms with Gasteiger partial charge in [0.25, 0.3) is 0 Å². The third-order valence-corrected chi connectivity index (χ3v) is 5.67. The van der Waals surface area contributed by atoms with E-state index in [1.807, 2.05) is 6.07 Å². The van der Waals surface area contributed by atoms with E-state index in [9.17, 15) is 28.8 Å². The van der Waals surface area contributed by atoms with Gasteiger partial charge in [0.05, 0.1) is 32.8 Å². The molecule has 0 fully saturated rings. The lowest BCUT2D eigenvalue weighted by Gasteiger charge is -2.19. The van der Waals surface area contributed by atoms with Gasteiger partial charge in [0.2, 0.25) is 29.5 Å². The quantitative estimate of drug-likeness (QED) is 0.146. The maximum absolute atomic E-state index is 12.8. The van der Waals surface area contributed by atoms with Crippen molar-refractivity contribution in [3.05, 3.63) is 35.9 Å². The standard InChI is InChI=1S/C28H43N5O7/c1-19(2)10-12-40-13-11-24(35)30-16-25(36)31-18-27(38)33-22(14-21-8-6-5-7-9-21)28(39)32-17-26(37)29-15-23(34)20(3)4/h5-9,19-20,22H,10-18H2,1-4H3,(H,29,37)(H,30,35)(H,31,36)(H,32,39)(H,33,38)/t22-/m0/s1. The maximum atomic E-state index is 12.8. The van der Waals surface area contributed by atoms with Crippen molar-refractivity contribution in [2.45, 2.75) is 53.0 Å². The minimum atomic E-state index is -1.02. The van der Waals surface area contributed by atoms with E-state index in [1.54, 1.807) is 38.1 Å². The zero-order chi connectivity index (χ0) is 29.9. The molecule has 1 aromatic carbocycles. The molecule has 0 heterocycles. The van der Waals surface area contributed by atoms with Gasteiger partial charge < -0.3 is 31.3 Å². The van der Waals surface area contributed by atoms with E-state index >= 15 is 0 Å². The zero-order valence-electron chi connectivity index (χ0n) is 23.8. The summed E-state index contributed by atoms with van der Waals surface area (Å²) >= 11 is 0. The molecule has 40 heavy (non-hydrogen) atoms. The molecule has 0 bridgehead atoms. The van der Waals surface area contributed by atoms with Crippen LogP contribution in [0.4, 0.5) is 0 Å². The van der Waals surface area contributed by atoms with Crippen molar-refractivity contribution in [3.8, 4) is 0 Å². The number of amides is 5. The molecule has 5 N–H and O–H groups in total. The predicted molar refractivity (Wildman–Crippen MR) is 149 cm³/mol. The van der Waals surface area contributed by atoms with Crippen LogP contribution in [0.3, 0.4) is 0 Å². The number of nitrogens with one attached hydrogen (secondary N) is 5. The molecule has 0 radical (unpaired) electrons. The van der Waals surface area contributed by atoms with Crippen LogP contribution in [0.2, 0.25) is 0 Å². The second kappa shape index (κ2) is 19.3. The van der Waals surface area contributed by atoms with E-state index in [1.165, 1.54) is 0 Å². The van der Waals surface area contributed by atoms with Crippen LogP contribution < -0.4 is 26.6 Å². The number of rotatable bonds is 19. The molecule has 0 aromatic heterocycles. The third kappa shape index (κ3) is 16.2. The third-order valence-electron chi connectivity index (χ3n) is 5.67. The summed E-state index contributed by atoms with van der Waals surface area (Å²) in [5, 5.41) is 12.3. The minimum Gasteiger partial charge on any atom is -0.381 e. The van der Waals surface area contributed by atoms with Crippen molar-refractivity contribution in [1.29, 1.82) is 0 Å². The molecule has 222 valence electrons. The highest BCUT2D eigenvalue weighted by atomic mass is 16.5. The largest absolute Gasteiger partial charge is 0.381 e. The van der Waals surface area contributed by atoms with Gasteiger partial charge in [0.15, 0.2) is 5.78 Å². The van der Waals surface area contributed by atoms with Gasteiger partial charge in [-0.2, -0.15) is 0 Å². The number of ether oxygens (including phenoxy) is 1. The molecule has 0 spiro atoms. The Hall–Kier alpha value is -3.80. The summed E-state index contributed by atoms with van der Waals surface area (Å²) < 4.78 is 5.38. The Kier molecular flexibility index (Phi) is 16.5. The van der Waals surface area contributed by atoms with Crippen molar-refractivity contribution >= 4 is 35.3 Å². The first-order valence-electron chi connectivity index (χ1n) is 13.5. The van der Waals surface area contributed by atoms with Gasteiger partial charge in [-0.05, 0) is 17.9 Å². The summed E-state index contributed by atoms with van der Waals surface area (Å²) in [7, 11) is 0. The number of benzene rings is 1. The molecule has 0 aliphatic rings. The Labute approximate surface area is 235 Å². The lowest BCUT2D eigenvalue weighted by Crippen LogP contribution is -2.52. The monoisotopic (exact) mass is 561 g/mol. The Morgan fingerprint density at radius 3 is 1.90 bits per heavy atom. The Morgan fingerprint density at radius 2 is 1.27 bits per heavy atom. The molecule has 1 rings (SSSR count). The highest BCUT2D eigenvalue weighted by molar-refractivity contribution is 5.93. The van der Waals surface area contributed by atoms with Crippen molar-refractivity contribution in [3.63, 3.8) is 0 Å². The predicted octanol–water partition coefficient (Wildman–Crippen LogP) is -0.143. The average Bonchev–Trinajstić information content (AvgIpc) is 2.92. The van der Waals surface area contributed by atoms with E-state index in [-0.39, 0.29) is 56.7 Å². The lowest BCUT2D eigenvalue weighted by molar-refractivity contribution is -0.131. The molecule has 12 nitrogen and oxygen atoms in total. The highest BCUT2D eigenvalue weighted by Gasteiger charge is 2.22. The van der Waals surface area contributed by atoms with Gasteiger partial charge in [-0.25, -0.2) is 0 Å². The summed E-state index contributed by atoms with van der Waals surface area (Å²) in [6.45, 7) is 7.19. The van der Waals surface area contributed by atoms with E-state index in [0.29, 0.717) is 12.5 Å². The van der Waals surface area contributed by atoms with Gasteiger partial charge in [-0.15, -0.1) is 0 Å². The van der Waals surface area contributed by atoms with Crippen LogP contribution in [-0.4, -0.2) is 80.8 Å². The van der Waals surface area contributed by atoms with Crippen molar-refractivity contribution in [1.82, 2.24) is 26.6 Å². The topological polar surface area (TPSA) is 172 Å². The van der Waals surface area contributed by atoms with Crippen molar-refractivity contribution < 1.29 is 33.5 Å². The first-order valence-corrected chi connectivity index (χ1v) is 13.5. The summed E-state index contributed by atoms with van der Waals surface area (Å²) in [6.07, 6.45) is 1.17. The molecule has 1 atom stereocenters. The fraction of sp³-hybridized carbons (Fsp3) is 0.571. The SMILES string of the molecule is CC(C)CCOCCC(=O)NCC(=O)NCC(=O)N[C@@H](Cc1ccccc1)C(=O)NCC(=O)NCC(=O)C(C)C. The molecule has 12 heteroatoms. The number of carbonyl (C=O) groups is 6. The summed E-state index contributed by atoms with van der Waals surface area (Å²) in [4.78, 5) is 72.9. The second-order valence-corrected chi connectivity index (χ2v) is 10.0. The van der Waals surface area contributed by atoms with Crippen LogP contribution in [0, 0.1) is 11.8 Å². The van der Waals surface area contributed by atoms with Crippen LogP contribution in [0.5, 0.6) is 0 Å². The molecule has 1 aromatic rings. The van der Waals surface area contributed by atoms with Crippen LogP contribution >= 0.6 is 0 Å². The van der Waals surface area contributed by atoms with Gasteiger partial charge >= 0.3 is 0 Å². The molecule has 0 unspecified atom stereocenters. The van der Waals surface area contributed by atoms with Crippen LogP contribution in [0.25, 0.3) is 0 Å². The van der Waals surface area contributed by atoms with Gasteiger partial charge in [-0.1, -0.05) is 58.0 Å². The molecule has 0 saturated heterocycles. The summed E-state index contributed by atoms with van der Waals surface area (Å²) in [5.41, 5.74) is 0.773. The lowest BCUT2D eigenvalue weighted by atomic mass is 10.1. The molecular weight excluding hydrogens is 518 g/mol. The molecule has 0 aliphatic carbocycles. The zero-order valence-corrected chi connectivity index (χ0v) is 23.8. The summed E-state index contributed by atoms with van der Waals surface area (Å²) in [5.74, 6) is -2.53.